The van der Waals surface area contributed by atoms with Gasteiger partial charge in [0.15, 0.2) is 0 Å². The monoisotopic (exact) mass is 308 g/mol. The quantitative estimate of drug-likeness (QED) is 0.763. The highest BCUT2D eigenvalue weighted by atomic mass is 35.5. The van der Waals surface area contributed by atoms with Gasteiger partial charge in [-0.2, -0.15) is 0 Å². The molecule has 2 N–H and O–H groups in total. The molecule has 0 heterocycles. The van der Waals surface area contributed by atoms with E-state index in [4.69, 9.17) is 11.6 Å². The molecular weight excluding hydrogens is 284 g/mol. The Bertz CT molecular complexity index is 452. The molecule has 116 valence electrons. The number of nitrogens with one attached hydrogen (secondary N) is 2. The molecule has 0 aromatic heterocycles. The summed E-state index contributed by atoms with van der Waals surface area (Å²) in [6.07, 6.45) is 7.78. The average Bonchev–Trinajstić information content (AvgIpc) is 2.54. The van der Waals surface area contributed by atoms with Crippen molar-refractivity contribution in [2.24, 2.45) is 0 Å². The summed E-state index contributed by atoms with van der Waals surface area (Å²) in [5.41, 5.74) is 2.58. The highest BCUT2D eigenvalue weighted by Gasteiger charge is 2.31. The van der Waals surface area contributed by atoms with Gasteiger partial charge in [0.2, 0.25) is 0 Å². The Balaban J connectivity index is 2.02. The van der Waals surface area contributed by atoms with Crippen LogP contribution in [0, 0.1) is 0 Å². The second kappa shape index (κ2) is 7.69. The van der Waals surface area contributed by atoms with Crippen LogP contribution in [0.25, 0.3) is 0 Å². The summed E-state index contributed by atoms with van der Waals surface area (Å²) in [5.74, 6) is 0.422. The van der Waals surface area contributed by atoms with Crippen molar-refractivity contribution in [1.29, 1.82) is 0 Å². The number of hydrogen-bond donors (Lipinski definition) is 2. The maximum absolute atomic E-state index is 11.6. The van der Waals surface area contributed by atoms with Gasteiger partial charge >= 0.3 is 6.03 Å². The molecule has 0 saturated heterocycles. The zero-order chi connectivity index (χ0) is 15.1. The number of benzene rings is 1. The molecule has 2 amide bonds. The first-order valence-electron chi connectivity index (χ1n) is 7.91. The summed E-state index contributed by atoms with van der Waals surface area (Å²) in [7, 11) is 0. The number of rotatable bonds is 5. The summed E-state index contributed by atoms with van der Waals surface area (Å²) in [4.78, 5) is 11.6. The second-order valence-corrected chi connectivity index (χ2v) is 6.22. The molecule has 3 nitrogen and oxygen atoms in total. The average molecular weight is 309 g/mol. The molecule has 0 unspecified atom stereocenters. The van der Waals surface area contributed by atoms with Gasteiger partial charge in [-0.25, -0.2) is 4.79 Å². The molecule has 4 heteroatoms. The first-order valence-corrected chi connectivity index (χ1v) is 8.45. The number of halogens is 1. The van der Waals surface area contributed by atoms with Crippen LogP contribution in [0.4, 0.5) is 10.5 Å². The van der Waals surface area contributed by atoms with Crippen molar-refractivity contribution in [2.75, 3.05) is 17.7 Å². The molecule has 1 aromatic carbocycles. The Hall–Kier alpha value is -1.22. The molecule has 1 aliphatic carbocycles. The summed E-state index contributed by atoms with van der Waals surface area (Å²) in [6, 6.07) is 8.15. The maximum atomic E-state index is 11.6. The fraction of sp³-hybridized carbons (Fsp3) is 0.588. The first kappa shape index (κ1) is 16.2. The minimum absolute atomic E-state index is 0.203. The lowest BCUT2D eigenvalue weighted by Gasteiger charge is -2.37. The van der Waals surface area contributed by atoms with E-state index >= 15 is 0 Å². The highest BCUT2D eigenvalue weighted by Crippen LogP contribution is 2.42. The van der Waals surface area contributed by atoms with E-state index in [9.17, 15) is 4.79 Å². The van der Waals surface area contributed by atoms with Crippen LogP contribution in [-0.2, 0) is 5.41 Å². The lowest BCUT2D eigenvalue weighted by molar-refractivity contribution is 0.252. The summed E-state index contributed by atoms with van der Waals surface area (Å²) >= 11 is 5.54. The van der Waals surface area contributed by atoms with E-state index in [1.54, 1.807) is 0 Å². The minimum Gasteiger partial charge on any atom is -0.337 e. The number of hydrogen-bond acceptors (Lipinski definition) is 1. The minimum atomic E-state index is -0.203. The zero-order valence-electron chi connectivity index (χ0n) is 12.8. The standard InChI is InChI=1S/C17H25ClN2O/c1-2-17(10-4-3-5-11-17)14-6-8-15(9-7-14)20-16(21)19-13-12-18/h6-9H,2-5,10-13H2,1H3,(H2,19,20,21). The third-order valence-corrected chi connectivity index (χ3v) is 4.81. The van der Waals surface area contributed by atoms with E-state index in [2.05, 4.69) is 29.7 Å². The van der Waals surface area contributed by atoms with Crippen LogP contribution in [0.5, 0.6) is 0 Å². The number of carbonyl (C=O) groups is 1. The van der Waals surface area contributed by atoms with Crippen molar-refractivity contribution in [3.8, 4) is 0 Å². The molecule has 1 aromatic rings. The number of amides is 2. The van der Waals surface area contributed by atoms with Gasteiger partial charge in [0.1, 0.15) is 0 Å². The molecule has 21 heavy (non-hydrogen) atoms. The van der Waals surface area contributed by atoms with Gasteiger partial charge in [-0.1, -0.05) is 38.3 Å². The first-order chi connectivity index (χ1) is 10.2. The van der Waals surface area contributed by atoms with Gasteiger partial charge in [-0.05, 0) is 42.4 Å². The lowest BCUT2D eigenvalue weighted by atomic mass is 9.68. The van der Waals surface area contributed by atoms with E-state index in [-0.39, 0.29) is 6.03 Å². The predicted octanol–water partition coefficient (Wildman–Crippen LogP) is 4.66. The van der Waals surface area contributed by atoms with Gasteiger partial charge in [0.25, 0.3) is 0 Å². The van der Waals surface area contributed by atoms with Crippen molar-refractivity contribution in [3.63, 3.8) is 0 Å². The topological polar surface area (TPSA) is 41.1 Å². The normalized spacial score (nSPS) is 17.2. The maximum Gasteiger partial charge on any atom is 0.319 e. The number of urea groups is 1. The molecule has 0 spiro atoms. The number of alkyl halides is 1. The SMILES string of the molecule is CCC1(c2ccc(NC(=O)NCCCl)cc2)CCCCC1. The highest BCUT2D eigenvalue weighted by molar-refractivity contribution is 6.18. The van der Waals surface area contributed by atoms with Crippen LogP contribution in [0.1, 0.15) is 51.0 Å². The number of anilines is 1. The van der Waals surface area contributed by atoms with E-state index in [0.29, 0.717) is 17.8 Å². The van der Waals surface area contributed by atoms with Crippen LogP contribution >= 0.6 is 11.6 Å². The van der Waals surface area contributed by atoms with E-state index in [1.807, 2.05) is 12.1 Å². The molecule has 0 radical (unpaired) electrons. The molecule has 0 bridgehead atoms. The molecule has 2 rings (SSSR count). The number of carbonyl (C=O) groups excluding carboxylic acids is 1. The second-order valence-electron chi connectivity index (χ2n) is 5.84. The van der Waals surface area contributed by atoms with Gasteiger partial charge < -0.3 is 10.6 Å². The summed E-state index contributed by atoms with van der Waals surface area (Å²) in [6.45, 7) is 2.77. The van der Waals surface area contributed by atoms with Crippen LogP contribution in [0.3, 0.4) is 0 Å². The van der Waals surface area contributed by atoms with Crippen molar-refractivity contribution in [1.82, 2.24) is 5.32 Å². The fourth-order valence-corrected chi connectivity index (χ4v) is 3.41. The van der Waals surface area contributed by atoms with Crippen molar-refractivity contribution in [3.05, 3.63) is 29.8 Å². The Kier molecular flexibility index (Phi) is 5.92. The smallest absolute Gasteiger partial charge is 0.319 e. The van der Waals surface area contributed by atoms with Crippen LogP contribution < -0.4 is 10.6 Å². The molecule has 0 atom stereocenters. The van der Waals surface area contributed by atoms with Gasteiger partial charge in [0.05, 0.1) is 0 Å². The Morgan fingerprint density at radius 3 is 2.43 bits per heavy atom. The van der Waals surface area contributed by atoms with E-state index in [0.717, 1.165) is 5.69 Å². The van der Waals surface area contributed by atoms with Gasteiger partial charge in [-0.3, -0.25) is 0 Å². The third-order valence-electron chi connectivity index (χ3n) is 4.62. The van der Waals surface area contributed by atoms with Crippen molar-refractivity contribution >= 4 is 23.3 Å². The Morgan fingerprint density at radius 2 is 1.86 bits per heavy atom. The molecule has 1 fully saturated rings. The summed E-state index contributed by atoms with van der Waals surface area (Å²) in [5, 5.41) is 5.52. The lowest BCUT2D eigenvalue weighted by Crippen LogP contribution is -2.30. The Labute approximate surface area is 132 Å². The molecule has 1 aliphatic rings. The van der Waals surface area contributed by atoms with Crippen LogP contribution in [-0.4, -0.2) is 18.5 Å². The third kappa shape index (κ3) is 4.13. The van der Waals surface area contributed by atoms with E-state index < -0.39 is 0 Å². The van der Waals surface area contributed by atoms with E-state index in [1.165, 1.54) is 44.1 Å². The summed E-state index contributed by atoms with van der Waals surface area (Å²) < 4.78 is 0. The zero-order valence-corrected chi connectivity index (χ0v) is 13.5. The van der Waals surface area contributed by atoms with Crippen LogP contribution in [0.15, 0.2) is 24.3 Å². The van der Waals surface area contributed by atoms with Gasteiger partial charge in [0, 0.05) is 18.1 Å². The Morgan fingerprint density at radius 1 is 1.19 bits per heavy atom. The molecular formula is C17H25ClN2O. The van der Waals surface area contributed by atoms with Crippen molar-refractivity contribution < 1.29 is 4.79 Å². The predicted molar refractivity (Wildman–Crippen MR) is 89.2 cm³/mol. The largest absolute Gasteiger partial charge is 0.337 e. The van der Waals surface area contributed by atoms with Crippen LogP contribution in [0.2, 0.25) is 0 Å². The molecule has 0 aliphatic heterocycles. The molecule has 1 saturated carbocycles. The van der Waals surface area contributed by atoms with Gasteiger partial charge in [-0.15, -0.1) is 11.6 Å². The van der Waals surface area contributed by atoms with Crippen molar-refractivity contribution in [2.45, 2.75) is 50.9 Å². The fourth-order valence-electron chi connectivity index (χ4n) is 3.32.